The first-order valence-electron chi connectivity index (χ1n) is 6.13. The van der Waals surface area contributed by atoms with E-state index >= 15 is 0 Å². The van der Waals surface area contributed by atoms with E-state index in [2.05, 4.69) is 9.10 Å². The van der Waals surface area contributed by atoms with Gasteiger partial charge >= 0.3 is 5.97 Å². The van der Waals surface area contributed by atoms with Crippen molar-refractivity contribution in [2.24, 2.45) is 4.36 Å². The van der Waals surface area contributed by atoms with Gasteiger partial charge in [0, 0.05) is 17.2 Å². The van der Waals surface area contributed by atoms with Crippen LogP contribution in [-0.2, 0) is 19.3 Å². The molecule has 0 aliphatic carbocycles. The van der Waals surface area contributed by atoms with Gasteiger partial charge in [-0.15, -0.1) is 11.3 Å². The zero-order valence-electron chi connectivity index (χ0n) is 11.7. The van der Waals surface area contributed by atoms with Crippen LogP contribution in [0, 0.1) is 0 Å². The fourth-order valence-corrected chi connectivity index (χ4v) is 3.72. The van der Waals surface area contributed by atoms with Gasteiger partial charge in [0.2, 0.25) is 0 Å². The molecule has 0 saturated heterocycles. The summed E-state index contributed by atoms with van der Waals surface area (Å²) in [5.74, 6) is -0.436. The average Bonchev–Trinajstić information content (AvgIpc) is 2.92. The summed E-state index contributed by atoms with van der Waals surface area (Å²) in [4.78, 5) is 12.6. The fraction of sp³-hybridized carbons (Fsp3) is 0.133. The molecule has 0 saturated carbocycles. The number of ether oxygens (including phenoxy) is 1. The molecule has 6 heteroatoms. The van der Waals surface area contributed by atoms with E-state index in [-0.39, 0.29) is 0 Å². The molecule has 21 heavy (non-hydrogen) atoms. The Morgan fingerprint density at radius 1 is 1.29 bits per heavy atom. The summed E-state index contributed by atoms with van der Waals surface area (Å²) in [6.45, 7) is 0. The Labute approximate surface area is 128 Å². The number of esters is 1. The van der Waals surface area contributed by atoms with E-state index in [9.17, 15) is 9.00 Å². The highest BCUT2D eigenvalue weighted by Gasteiger charge is 2.08. The van der Waals surface area contributed by atoms with Crippen molar-refractivity contribution in [1.82, 2.24) is 0 Å². The lowest BCUT2D eigenvalue weighted by Crippen LogP contribution is -1.96. The molecule has 0 aliphatic heterocycles. The first kappa shape index (κ1) is 15.5. The van der Waals surface area contributed by atoms with Crippen LogP contribution >= 0.6 is 11.3 Å². The predicted molar refractivity (Wildman–Crippen MR) is 86.2 cm³/mol. The fourth-order valence-electron chi connectivity index (χ4n) is 1.64. The van der Waals surface area contributed by atoms with Crippen molar-refractivity contribution >= 4 is 38.8 Å². The molecule has 1 heterocycles. The van der Waals surface area contributed by atoms with Crippen molar-refractivity contribution in [3.05, 3.63) is 52.7 Å². The molecule has 0 aliphatic rings. The first-order valence-corrected chi connectivity index (χ1v) is 8.94. The SMILES string of the molecule is COC(=O)/C=C/c1sccc1N=S(C)(=O)c1ccccc1. The van der Waals surface area contributed by atoms with Crippen molar-refractivity contribution in [3.63, 3.8) is 0 Å². The predicted octanol–water partition coefficient (Wildman–Crippen LogP) is 3.72. The van der Waals surface area contributed by atoms with Gasteiger partial charge in [-0.05, 0) is 29.7 Å². The molecule has 0 bridgehead atoms. The molecule has 0 fully saturated rings. The van der Waals surface area contributed by atoms with E-state index in [4.69, 9.17) is 0 Å². The van der Waals surface area contributed by atoms with Crippen molar-refractivity contribution in [1.29, 1.82) is 0 Å². The number of nitrogens with zero attached hydrogens (tertiary/aromatic N) is 1. The summed E-state index contributed by atoms with van der Waals surface area (Å²) in [5, 5.41) is 1.84. The number of hydrogen-bond acceptors (Lipinski definition) is 5. The minimum Gasteiger partial charge on any atom is -0.466 e. The Balaban J connectivity index is 2.38. The molecule has 1 aromatic heterocycles. The smallest absolute Gasteiger partial charge is 0.330 e. The molecule has 110 valence electrons. The van der Waals surface area contributed by atoms with Gasteiger partial charge < -0.3 is 4.74 Å². The van der Waals surface area contributed by atoms with Crippen LogP contribution in [-0.4, -0.2) is 23.5 Å². The lowest BCUT2D eigenvalue weighted by atomic mass is 10.3. The summed E-state index contributed by atoms with van der Waals surface area (Å²) in [6.07, 6.45) is 4.55. The minimum absolute atomic E-state index is 0.436. The lowest BCUT2D eigenvalue weighted by Gasteiger charge is -2.03. The zero-order valence-corrected chi connectivity index (χ0v) is 13.3. The van der Waals surface area contributed by atoms with Crippen LogP contribution in [0.25, 0.3) is 6.08 Å². The van der Waals surface area contributed by atoms with Crippen LogP contribution in [0.15, 0.2) is 57.1 Å². The third-order valence-electron chi connectivity index (χ3n) is 2.70. The summed E-state index contributed by atoms with van der Waals surface area (Å²) in [5.41, 5.74) is 0.608. The number of thiophene rings is 1. The second-order valence-electron chi connectivity index (χ2n) is 4.23. The molecule has 1 unspecified atom stereocenters. The van der Waals surface area contributed by atoms with Crippen LogP contribution in [0.2, 0.25) is 0 Å². The number of methoxy groups -OCH3 is 1. The van der Waals surface area contributed by atoms with Gasteiger partial charge in [-0.2, -0.15) is 4.36 Å². The molecule has 4 nitrogen and oxygen atoms in total. The summed E-state index contributed by atoms with van der Waals surface area (Å²) >= 11 is 1.42. The summed E-state index contributed by atoms with van der Waals surface area (Å²) < 4.78 is 21.6. The molecule has 0 spiro atoms. The van der Waals surface area contributed by atoms with Gasteiger partial charge in [0.25, 0.3) is 0 Å². The van der Waals surface area contributed by atoms with Gasteiger partial charge in [-0.1, -0.05) is 18.2 Å². The molecule has 1 atom stereocenters. The monoisotopic (exact) mass is 321 g/mol. The van der Waals surface area contributed by atoms with Crippen LogP contribution < -0.4 is 0 Å². The highest BCUT2D eigenvalue weighted by molar-refractivity contribution is 7.93. The number of hydrogen-bond donors (Lipinski definition) is 0. The third-order valence-corrected chi connectivity index (χ3v) is 5.26. The van der Waals surface area contributed by atoms with E-state index in [0.29, 0.717) is 10.6 Å². The van der Waals surface area contributed by atoms with E-state index in [0.717, 1.165) is 4.88 Å². The average molecular weight is 321 g/mol. The second kappa shape index (κ2) is 6.69. The number of carbonyl (C=O) groups is 1. The molecular weight excluding hydrogens is 306 g/mol. The van der Waals surface area contributed by atoms with Crippen LogP contribution in [0.1, 0.15) is 4.88 Å². The topological polar surface area (TPSA) is 55.7 Å². The van der Waals surface area contributed by atoms with E-state index in [1.165, 1.54) is 24.5 Å². The maximum Gasteiger partial charge on any atom is 0.330 e. The van der Waals surface area contributed by atoms with Crippen LogP contribution in [0.4, 0.5) is 5.69 Å². The maximum absolute atomic E-state index is 12.7. The third kappa shape index (κ3) is 4.03. The standard InChI is InChI=1S/C15H15NO3S2/c1-19-15(17)9-8-14-13(10-11-20-14)16-21(2,18)12-6-4-3-5-7-12/h3-11H,1-2H3/b9-8+. The second-order valence-corrected chi connectivity index (χ2v) is 7.44. The summed E-state index contributed by atoms with van der Waals surface area (Å²) in [7, 11) is -1.20. The molecule has 0 radical (unpaired) electrons. The Bertz CT molecular complexity index is 769. The number of carbonyl (C=O) groups excluding carboxylic acids is 1. The van der Waals surface area contributed by atoms with Gasteiger partial charge in [0.05, 0.1) is 27.4 Å². The number of benzene rings is 1. The minimum atomic E-state index is -2.52. The molecule has 1 aromatic carbocycles. The molecule has 0 amide bonds. The Hall–Kier alpha value is -1.92. The normalized spacial score (nSPS) is 13.8. The Morgan fingerprint density at radius 3 is 2.67 bits per heavy atom. The zero-order chi connectivity index (χ0) is 15.3. The van der Waals surface area contributed by atoms with Gasteiger partial charge in [0.15, 0.2) is 0 Å². The van der Waals surface area contributed by atoms with Crippen molar-refractivity contribution in [3.8, 4) is 0 Å². The van der Waals surface area contributed by atoms with Gasteiger partial charge in [0.1, 0.15) is 0 Å². The van der Waals surface area contributed by atoms with Gasteiger partial charge in [-0.25, -0.2) is 9.00 Å². The van der Waals surface area contributed by atoms with Crippen LogP contribution in [0.5, 0.6) is 0 Å². The summed E-state index contributed by atoms with van der Waals surface area (Å²) in [6, 6.07) is 10.9. The number of rotatable bonds is 4. The Morgan fingerprint density at radius 2 is 2.00 bits per heavy atom. The lowest BCUT2D eigenvalue weighted by molar-refractivity contribution is -0.134. The first-order chi connectivity index (χ1) is 10.0. The van der Waals surface area contributed by atoms with Crippen molar-refractivity contribution in [2.45, 2.75) is 4.90 Å². The van der Waals surface area contributed by atoms with Crippen molar-refractivity contribution < 1.29 is 13.7 Å². The van der Waals surface area contributed by atoms with E-state index in [1.54, 1.807) is 30.5 Å². The molecule has 0 N–H and O–H groups in total. The highest BCUT2D eigenvalue weighted by atomic mass is 32.2. The molecule has 2 aromatic rings. The molecule has 2 rings (SSSR count). The largest absolute Gasteiger partial charge is 0.466 e. The van der Waals surface area contributed by atoms with E-state index in [1.807, 2.05) is 23.6 Å². The Kier molecular flexibility index (Phi) is 4.93. The quantitative estimate of drug-likeness (QED) is 0.637. The van der Waals surface area contributed by atoms with Crippen molar-refractivity contribution in [2.75, 3.05) is 13.4 Å². The van der Waals surface area contributed by atoms with Crippen LogP contribution in [0.3, 0.4) is 0 Å². The highest BCUT2D eigenvalue weighted by Crippen LogP contribution is 2.29. The van der Waals surface area contributed by atoms with E-state index < -0.39 is 15.7 Å². The maximum atomic E-state index is 12.7. The molecular formula is C15H15NO3S2. The van der Waals surface area contributed by atoms with Gasteiger partial charge in [-0.3, -0.25) is 0 Å².